The highest BCUT2D eigenvalue weighted by Gasteiger charge is 2.03. The molecule has 0 aliphatic heterocycles. The molecule has 1 aromatic carbocycles. The number of benzene rings is 1. The van der Waals surface area contributed by atoms with E-state index in [1.165, 1.54) is 0 Å². The summed E-state index contributed by atoms with van der Waals surface area (Å²) in [6.07, 6.45) is 1.67. The first kappa shape index (κ1) is 10.9. The zero-order valence-corrected chi connectivity index (χ0v) is 10.5. The summed E-state index contributed by atoms with van der Waals surface area (Å²) in [5.41, 5.74) is 1.65. The average Bonchev–Trinajstić information content (AvgIpc) is 2.16. The lowest BCUT2D eigenvalue weighted by Crippen LogP contribution is -1.86. The first-order valence-electron chi connectivity index (χ1n) is 4.10. The van der Waals surface area contributed by atoms with E-state index in [4.69, 9.17) is 23.2 Å². The minimum Gasteiger partial charge on any atom is -0.231 e. The van der Waals surface area contributed by atoms with Crippen LogP contribution in [0.5, 0.6) is 0 Å². The number of aromatic nitrogens is 2. The van der Waals surface area contributed by atoms with Gasteiger partial charge in [-0.25, -0.2) is 9.97 Å². The van der Waals surface area contributed by atoms with E-state index >= 15 is 0 Å². The molecule has 0 aliphatic rings. The van der Waals surface area contributed by atoms with Crippen molar-refractivity contribution in [1.82, 2.24) is 9.97 Å². The number of hydrogen-bond acceptors (Lipinski definition) is 2. The van der Waals surface area contributed by atoms with E-state index < -0.39 is 0 Å². The summed E-state index contributed by atoms with van der Waals surface area (Å²) in [7, 11) is 0. The van der Waals surface area contributed by atoms with Crippen LogP contribution in [0.25, 0.3) is 11.3 Å². The predicted molar refractivity (Wildman–Crippen MR) is 65.2 cm³/mol. The Labute approximate surface area is 105 Å². The Bertz CT molecular complexity index is 482. The maximum Gasteiger partial charge on any atom is 0.197 e. The van der Waals surface area contributed by atoms with Crippen molar-refractivity contribution in [3.05, 3.63) is 45.2 Å². The van der Waals surface area contributed by atoms with Crippen LogP contribution in [-0.2, 0) is 0 Å². The molecule has 5 heteroatoms. The molecule has 2 rings (SSSR count). The van der Waals surface area contributed by atoms with E-state index in [9.17, 15) is 0 Å². The van der Waals surface area contributed by atoms with E-state index in [-0.39, 0.29) is 0 Å². The Morgan fingerprint density at radius 3 is 2.33 bits per heavy atom. The van der Waals surface area contributed by atoms with Crippen LogP contribution in [0.2, 0.25) is 10.0 Å². The average molecular weight is 304 g/mol. The number of nitrogens with zero attached hydrogens (tertiary/aromatic N) is 2. The third-order valence-corrected chi connectivity index (χ3v) is 2.60. The van der Waals surface area contributed by atoms with Crippen LogP contribution in [-0.4, -0.2) is 9.97 Å². The molecule has 0 fully saturated rings. The van der Waals surface area contributed by atoms with Gasteiger partial charge in [0.05, 0.1) is 5.69 Å². The smallest absolute Gasteiger partial charge is 0.197 e. The summed E-state index contributed by atoms with van der Waals surface area (Å²) in [4.78, 5) is 8.16. The highest BCUT2D eigenvalue weighted by atomic mass is 79.9. The Morgan fingerprint density at radius 2 is 1.73 bits per heavy atom. The molecule has 0 saturated heterocycles. The van der Waals surface area contributed by atoms with Gasteiger partial charge in [0.15, 0.2) is 4.73 Å². The van der Waals surface area contributed by atoms with E-state index in [1.807, 2.05) is 12.1 Å². The third-order valence-electron chi connectivity index (χ3n) is 1.78. The van der Waals surface area contributed by atoms with E-state index in [1.54, 1.807) is 18.3 Å². The van der Waals surface area contributed by atoms with Crippen molar-refractivity contribution in [2.45, 2.75) is 0 Å². The van der Waals surface area contributed by atoms with Gasteiger partial charge in [-0.05, 0) is 40.2 Å². The van der Waals surface area contributed by atoms with Crippen LogP contribution < -0.4 is 0 Å². The lowest BCUT2D eigenvalue weighted by Gasteiger charge is -2.02. The molecule has 0 amide bonds. The molecule has 1 heterocycles. The Morgan fingerprint density at radius 1 is 1.07 bits per heavy atom. The summed E-state index contributed by atoms with van der Waals surface area (Å²) in [6.45, 7) is 0. The van der Waals surface area contributed by atoms with Crippen LogP contribution in [0.1, 0.15) is 0 Å². The predicted octanol–water partition coefficient (Wildman–Crippen LogP) is 4.21. The largest absolute Gasteiger partial charge is 0.231 e. The van der Waals surface area contributed by atoms with Gasteiger partial charge in [-0.3, -0.25) is 0 Å². The zero-order chi connectivity index (χ0) is 10.8. The number of halogens is 3. The Kier molecular flexibility index (Phi) is 3.24. The first-order chi connectivity index (χ1) is 7.15. The summed E-state index contributed by atoms with van der Waals surface area (Å²) in [6, 6.07) is 7.10. The minimum absolute atomic E-state index is 0.538. The minimum atomic E-state index is 0.538. The molecule has 0 unspecified atom stereocenters. The van der Waals surface area contributed by atoms with Crippen LogP contribution in [0.3, 0.4) is 0 Å². The Balaban J connectivity index is 2.54. The van der Waals surface area contributed by atoms with Gasteiger partial charge in [-0.1, -0.05) is 23.2 Å². The fourth-order valence-corrected chi connectivity index (χ4v) is 2.03. The van der Waals surface area contributed by atoms with Gasteiger partial charge in [-0.15, -0.1) is 0 Å². The van der Waals surface area contributed by atoms with Gasteiger partial charge in [0.1, 0.15) is 0 Å². The lowest BCUT2D eigenvalue weighted by atomic mass is 10.1. The summed E-state index contributed by atoms with van der Waals surface area (Å²) in [5, 5.41) is 1.18. The van der Waals surface area contributed by atoms with Gasteiger partial charge in [0.25, 0.3) is 0 Å². The maximum absolute atomic E-state index is 5.90. The fourth-order valence-electron chi connectivity index (χ4n) is 1.20. The lowest BCUT2D eigenvalue weighted by molar-refractivity contribution is 1.12. The molecule has 0 aliphatic carbocycles. The first-order valence-corrected chi connectivity index (χ1v) is 5.65. The monoisotopic (exact) mass is 302 g/mol. The van der Waals surface area contributed by atoms with Gasteiger partial charge >= 0.3 is 0 Å². The van der Waals surface area contributed by atoms with Crippen molar-refractivity contribution in [2.75, 3.05) is 0 Å². The molecule has 0 bridgehead atoms. The van der Waals surface area contributed by atoms with Crippen molar-refractivity contribution < 1.29 is 0 Å². The highest BCUT2D eigenvalue weighted by molar-refractivity contribution is 9.10. The van der Waals surface area contributed by atoms with Gasteiger partial charge in [0, 0.05) is 21.8 Å². The second-order valence-corrected chi connectivity index (χ2v) is 4.45. The quantitative estimate of drug-likeness (QED) is 0.737. The molecule has 0 atom stereocenters. The van der Waals surface area contributed by atoms with Crippen molar-refractivity contribution >= 4 is 39.1 Å². The number of rotatable bonds is 1. The van der Waals surface area contributed by atoms with E-state index in [2.05, 4.69) is 25.9 Å². The van der Waals surface area contributed by atoms with Crippen LogP contribution in [0.15, 0.2) is 35.2 Å². The fraction of sp³-hybridized carbons (Fsp3) is 0. The van der Waals surface area contributed by atoms with Crippen LogP contribution in [0.4, 0.5) is 0 Å². The second-order valence-electron chi connectivity index (χ2n) is 2.87. The normalized spacial score (nSPS) is 10.3. The molecule has 0 radical (unpaired) electrons. The molecule has 0 spiro atoms. The van der Waals surface area contributed by atoms with Gasteiger partial charge < -0.3 is 0 Å². The SMILES string of the molecule is Clc1cc(Cl)cc(-c2ccnc(Br)n2)c1. The summed E-state index contributed by atoms with van der Waals surface area (Å²) >= 11 is 15.0. The second kappa shape index (κ2) is 4.47. The molecule has 15 heavy (non-hydrogen) atoms. The molecule has 1 aromatic heterocycles. The molecule has 0 saturated carbocycles. The van der Waals surface area contributed by atoms with Crippen LogP contribution >= 0.6 is 39.1 Å². The maximum atomic E-state index is 5.90. The third kappa shape index (κ3) is 2.68. The number of hydrogen-bond donors (Lipinski definition) is 0. The van der Waals surface area contributed by atoms with Gasteiger partial charge in [-0.2, -0.15) is 0 Å². The molecule has 76 valence electrons. The molecule has 2 aromatic rings. The van der Waals surface area contributed by atoms with Crippen molar-refractivity contribution in [2.24, 2.45) is 0 Å². The molecular weight excluding hydrogens is 299 g/mol. The standard InChI is InChI=1S/C10H5BrCl2N2/c11-10-14-2-1-9(15-10)6-3-7(12)5-8(13)4-6/h1-5H. The zero-order valence-electron chi connectivity index (χ0n) is 7.42. The molecule has 0 N–H and O–H groups in total. The van der Waals surface area contributed by atoms with Crippen molar-refractivity contribution in [3.8, 4) is 11.3 Å². The summed E-state index contributed by atoms with van der Waals surface area (Å²) in [5.74, 6) is 0. The van der Waals surface area contributed by atoms with Crippen molar-refractivity contribution in [3.63, 3.8) is 0 Å². The summed E-state index contributed by atoms with van der Waals surface area (Å²) < 4.78 is 0.538. The van der Waals surface area contributed by atoms with Gasteiger partial charge in [0.2, 0.25) is 0 Å². The Hall–Kier alpha value is -0.640. The van der Waals surface area contributed by atoms with E-state index in [0.29, 0.717) is 14.8 Å². The molecular formula is C10H5BrCl2N2. The van der Waals surface area contributed by atoms with Crippen LogP contribution in [0, 0.1) is 0 Å². The van der Waals surface area contributed by atoms with Crippen molar-refractivity contribution in [1.29, 1.82) is 0 Å². The highest BCUT2D eigenvalue weighted by Crippen LogP contribution is 2.26. The topological polar surface area (TPSA) is 25.8 Å². The molecule has 2 nitrogen and oxygen atoms in total. The van der Waals surface area contributed by atoms with E-state index in [0.717, 1.165) is 11.3 Å².